The van der Waals surface area contributed by atoms with Gasteiger partial charge in [-0.2, -0.15) is 0 Å². The van der Waals surface area contributed by atoms with Crippen LogP contribution in [0.3, 0.4) is 0 Å². The fourth-order valence-corrected chi connectivity index (χ4v) is 5.75. The maximum absolute atomic E-state index is 13.7. The summed E-state index contributed by atoms with van der Waals surface area (Å²) in [6.07, 6.45) is 0.195. The molecule has 0 aromatic heterocycles. The van der Waals surface area contributed by atoms with E-state index in [4.69, 9.17) is 11.6 Å². The highest BCUT2D eigenvalue weighted by Crippen LogP contribution is 2.30. The van der Waals surface area contributed by atoms with Crippen LogP contribution >= 0.6 is 11.6 Å². The Balaban J connectivity index is 1.69. The van der Waals surface area contributed by atoms with Crippen molar-refractivity contribution in [2.24, 2.45) is 0 Å². The van der Waals surface area contributed by atoms with E-state index in [0.29, 0.717) is 14.9 Å². The molecule has 186 valence electrons. The molecule has 0 spiro atoms. The van der Waals surface area contributed by atoms with Gasteiger partial charge in [-0.25, -0.2) is 12.7 Å². The van der Waals surface area contributed by atoms with Crippen molar-refractivity contribution in [1.29, 1.82) is 0 Å². The van der Waals surface area contributed by atoms with Crippen LogP contribution in [0, 0.1) is 0 Å². The lowest BCUT2D eigenvalue weighted by Crippen LogP contribution is -2.52. The number of nitrogens with one attached hydrogen (secondary N) is 1. The van der Waals surface area contributed by atoms with Crippen LogP contribution in [0.15, 0.2) is 83.8 Å². The fourth-order valence-electron chi connectivity index (χ4n) is 4.11. The van der Waals surface area contributed by atoms with Crippen LogP contribution < -0.4 is 5.32 Å². The fraction of sp³-hybridized carbons (Fsp3) is 0.192. The molecule has 3 aromatic rings. The van der Waals surface area contributed by atoms with E-state index < -0.39 is 40.3 Å². The average Bonchev–Trinajstić information content (AvgIpc) is 3.08. The lowest BCUT2D eigenvalue weighted by atomic mass is 10.0. The van der Waals surface area contributed by atoms with Crippen LogP contribution in [0.25, 0.3) is 0 Å². The first-order valence-corrected chi connectivity index (χ1v) is 13.0. The first-order valence-electron chi connectivity index (χ1n) is 11.2. The molecule has 10 heteroatoms. The predicted octanol–water partition coefficient (Wildman–Crippen LogP) is 2.87. The number of likely N-dealkylation sites (N-methyl/N-ethyl adjacent to an activating group) is 1. The number of halogens is 1. The molecule has 0 bridgehead atoms. The number of hydrogen-bond donors (Lipinski definition) is 1. The van der Waals surface area contributed by atoms with Gasteiger partial charge in [-0.3, -0.25) is 14.4 Å². The van der Waals surface area contributed by atoms with E-state index in [1.807, 2.05) is 30.3 Å². The van der Waals surface area contributed by atoms with E-state index in [-0.39, 0.29) is 23.4 Å². The molecule has 1 heterocycles. The maximum atomic E-state index is 13.7. The minimum Gasteiger partial charge on any atom is -0.357 e. The van der Waals surface area contributed by atoms with Crippen molar-refractivity contribution < 1.29 is 22.8 Å². The Morgan fingerprint density at radius 1 is 0.944 bits per heavy atom. The number of sulfonamides is 1. The van der Waals surface area contributed by atoms with Crippen molar-refractivity contribution in [3.05, 3.63) is 101 Å². The topological polar surface area (TPSA) is 104 Å². The molecule has 36 heavy (non-hydrogen) atoms. The highest BCUT2D eigenvalue weighted by Gasteiger charge is 2.43. The molecule has 0 saturated heterocycles. The van der Waals surface area contributed by atoms with Gasteiger partial charge in [-0.05, 0) is 35.4 Å². The first kappa shape index (κ1) is 25.4. The van der Waals surface area contributed by atoms with E-state index >= 15 is 0 Å². The zero-order chi connectivity index (χ0) is 25.9. The van der Waals surface area contributed by atoms with Crippen molar-refractivity contribution in [3.63, 3.8) is 0 Å². The molecule has 8 nitrogen and oxygen atoms in total. The Labute approximate surface area is 214 Å². The first-order chi connectivity index (χ1) is 17.2. The summed E-state index contributed by atoms with van der Waals surface area (Å²) >= 11 is 6.00. The minimum atomic E-state index is -4.19. The lowest BCUT2D eigenvalue weighted by molar-refractivity contribution is -0.140. The van der Waals surface area contributed by atoms with E-state index in [0.717, 1.165) is 5.56 Å². The van der Waals surface area contributed by atoms with Gasteiger partial charge in [-0.1, -0.05) is 66.2 Å². The molecule has 0 fully saturated rings. The molecule has 0 unspecified atom stereocenters. The Bertz CT molecular complexity index is 1390. The number of hydrogen-bond acceptors (Lipinski definition) is 5. The normalized spacial score (nSPS) is 14.7. The standard InChI is InChI=1S/C26H24ClN3O5S/c1-28-25(32)22(15-18-7-3-2-4-8-18)29(16-19-11-13-20(27)14-12-19)24(31)17-30-26(33)21-9-5-6-10-23(21)36(30,34)35/h2-14,22H,15-17H2,1H3,(H,28,32)/t22-/m1/s1. The minimum absolute atomic E-state index is 0.00987. The third-order valence-electron chi connectivity index (χ3n) is 5.97. The van der Waals surface area contributed by atoms with Gasteiger partial charge in [0, 0.05) is 25.0 Å². The van der Waals surface area contributed by atoms with Gasteiger partial charge in [-0.15, -0.1) is 0 Å². The Morgan fingerprint density at radius 3 is 2.22 bits per heavy atom. The molecule has 0 aliphatic carbocycles. The largest absolute Gasteiger partial charge is 0.357 e. The average molecular weight is 526 g/mol. The Morgan fingerprint density at radius 2 is 1.58 bits per heavy atom. The van der Waals surface area contributed by atoms with Gasteiger partial charge in [0.25, 0.3) is 15.9 Å². The van der Waals surface area contributed by atoms with E-state index in [1.54, 1.807) is 30.3 Å². The third-order valence-corrected chi connectivity index (χ3v) is 8.01. The summed E-state index contributed by atoms with van der Waals surface area (Å²) in [4.78, 5) is 40.7. The molecule has 0 radical (unpaired) electrons. The van der Waals surface area contributed by atoms with Crippen LogP contribution in [0.4, 0.5) is 0 Å². The van der Waals surface area contributed by atoms with Crippen molar-refractivity contribution in [2.75, 3.05) is 13.6 Å². The monoisotopic (exact) mass is 525 g/mol. The molecule has 1 aliphatic heterocycles. The quantitative estimate of drug-likeness (QED) is 0.487. The summed E-state index contributed by atoms with van der Waals surface area (Å²) in [5.41, 5.74) is 1.52. The molecular weight excluding hydrogens is 502 g/mol. The maximum Gasteiger partial charge on any atom is 0.269 e. The van der Waals surface area contributed by atoms with Crippen molar-refractivity contribution in [2.45, 2.75) is 23.9 Å². The van der Waals surface area contributed by atoms with Crippen LogP contribution in [0.2, 0.25) is 5.02 Å². The van der Waals surface area contributed by atoms with Crippen molar-refractivity contribution in [1.82, 2.24) is 14.5 Å². The second-order valence-electron chi connectivity index (χ2n) is 8.28. The van der Waals surface area contributed by atoms with Crippen molar-refractivity contribution >= 4 is 39.3 Å². The molecule has 1 N–H and O–H groups in total. The third kappa shape index (κ3) is 5.12. The van der Waals surface area contributed by atoms with Crippen LogP contribution in [0.1, 0.15) is 21.5 Å². The molecule has 1 aliphatic rings. The molecule has 3 amide bonds. The van der Waals surface area contributed by atoms with Gasteiger partial charge in [0.05, 0.1) is 5.56 Å². The van der Waals surface area contributed by atoms with Gasteiger partial charge < -0.3 is 10.2 Å². The molecule has 0 saturated carbocycles. The van der Waals surface area contributed by atoms with Gasteiger partial charge >= 0.3 is 0 Å². The molecule has 1 atom stereocenters. The number of carbonyl (C=O) groups is 3. The summed E-state index contributed by atoms with van der Waals surface area (Å²) < 4.78 is 26.6. The number of benzene rings is 3. The lowest BCUT2D eigenvalue weighted by Gasteiger charge is -2.32. The molecule has 3 aromatic carbocycles. The number of carbonyl (C=O) groups excluding carboxylic acids is 3. The Hall–Kier alpha value is -3.69. The van der Waals surface area contributed by atoms with E-state index in [2.05, 4.69) is 5.32 Å². The van der Waals surface area contributed by atoms with E-state index in [9.17, 15) is 22.8 Å². The van der Waals surface area contributed by atoms with Crippen LogP contribution in [0.5, 0.6) is 0 Å². The van der Waals surface area contributed by atoms with Crippen LogP contribution in [-0.2, 0) is 32.6 Å². The highest BCUT2D eigenvalue weighted by atomic mass is 35.5. The number of fused-ring (bicyclic) bond motifs is 1. The van der Waals surface area contributed by atoms with Crippen molar-refractivity contribution in [3.8, 4) is 0 Å². The summed E-state index contributed by atoms with van der Waals surface area (Å²) in [5.74, 6) is -1.87. The summed E-state index contributed by atoms with van der Waals surface area (Å²) in [7, 11) is -2.73. The highest BCUT2D eigenvalue weighted by molar-refractivity contribution is 7.90. The van der Waals surface area contributed by atoms with Gasteiger partial charge in [0.2, 0.25) is 11.8 Å². The SMILES string of the molecule is CNC(=O)[C@@H](Cc1ccccc1)N(Cc1ccc(Cl)cc1)C(=O)CN1C(=O)c2ccccc2S1(=O)=O. The van der Waals surface area contributed by atoms with Gasteiger partial charge in [0.1, 0.15) is 17.5 Å². The Kier molecular flexibility index (Phi) is 7.42. The summed E-state index contributed by atoms with van der Waals surface area (Å²) in [6.45, 7) is -0.721. The van der Waals surface area contributed by atoms with Crippen LogP contribution in [-0.4, -0.2) is 55.0 Å². The zero-order valence-electron chi connectivity index (χ0n) is 19.4. The number of rotatable bonds is 8. The van der Waals surface area contributed by atoms with Gasteiger partial charge in [0.15, 0.2) is 0 Å². The number of nitrogens with zero attached hydrogens (tertiary/aromatic N) is 2. The second-order valence-corrected chi connectivity index (χ2v) is 10.5. The second kappa shape index (κ2) is 10.5. The number of amides is 3. The smallest absolute Gasteiger partial charge is 0.269 e. The zero-order valence-corrected chi connectivity index (χ0v) is 21.0. The molecule has 4 rings (SSSR count). The molecular formula is C26H24ClN3O5S. The van der Waals surface area contributed by atoms with E-state index in [1.165, 1.54) is 30.1 Å². The summed E-state index contributed by atoms with van der Waals surface area (Å²) in [5, 5.41) is 3.11. The summed E-state index contributed by atoms with van der Waals surface area (Å²) in [6, 6.07) is 20.8. The predicted molar refractivity (Wildman–Crippen MR) is 135 cm³/mol.